The molecule has 0 aliphatic carbocycles. The van der Waals surface area contributed by atoms with Crippen LogP contribution in [0, 0.1) is 12.7 Å². The van der Waals surface area contributed by atoms with Gasteiger partial charge in [-0.1, -0.05) is 12.1 Å². The van der Waals surface area contributed by atoms with Crippen molar-refractivity contribution in [1.82, 2.24) is 15.1 Å². The molecule has 2 atom stereocenters. The predicted octanol–water partition coefficient (Wildman–Crippen LogP) is 4.13. The lowest BCUT2D eigenvalue weighted by Crippen LogP contribution is -2.39. The molecule has 0 radical (unpaired) electrons. The van der Waals surface area contributed by atoms with Crippen molar-refractivity contribution < 1.29 is 13.9 Å². The fourth-order valence-electron chi connectivity index (χ4n) is 3.32. The predicted molar refractivity (Wildman–Crippen MR) is 102 cm³/mol. The number of hydrogen-bond donors (Lipinski definition) is 2. The molecule has 1 aliphatic heterocycles. The first-order chi connectivity index (χ1) is 12.7. The van der Waals surface area contributed by atoms with Gasteiger partial charge in [-0.2, -0.15) is 5.10 Å². The maximum absolute atomic E-state index is 13.3. The minimum Gasteiger partial charge on any atom is -0.376 e. The lowest BCUT2D eigenvalue weighted by Gasteiger charge is -2.26. The summed E-state index contributed by atoms with van der Waals surface area (Å²) in [6.07, 6.45) is 1.67. The zero-order chi connectivity index (χ0) is 19.6. The van der Waals surface area contributed by atoms with Gasteiger partial charge in [-0.05, 0) is 58.2 Å². The number of amides is 2. The van der Waals surface area contributed by atoms with Crippen molar-refractivity contribution in [2.45, 2.75) is 58.2 Å². The maximum Gasteiger partial charge on any atom is 0.320 e. The number of urea groups is 1. The number of halogens is 1. The van der Waals surface area contributed by atoms with Gasteiger partial charge >= 0.3 is 6.03 Å². The fourth-order valence-corrected chi connectivity index (χ4v) is 3.32. The molecular weight excluding hydrogens is 347 g/mol. The number of benzene rings is 1. The summed E-state index contributed by atoms with van der Waals surface area (Å²) in [6, 6.07) is 7.32. The molecule has 0 spiro atoms. The van der Waals surface area contributed by atoms with Crippen LogP contribution in [-0.4, -0.2) is 28.5 Å². The van der Waals surface area contributed by atoms with Gasteiger partial charge in [0, 0.05) is 12.7 Å². The van der Waals surface area contributed by atoms with Crippen molar-refractivity contribution >= 4 is 11.8 Å². The fraction of sp³-hybridized carbons (Fsp3) is 0.500. The van der Waals surface area contributed by atoms with Crippen molar-refractivity contribution in [1.29, 1.82) is 0 Å². The van der Waals surface area contributed by atoms with Crippen LogP contribution in [0.25, 0.3) is 0 Å². The Morgan fingerprint density at radius 1 is 1.33 bits per heavy atom. The molecule has 2 N–H and O–H groups in total. The highest BCUT2D eigenvalue weighted by Gasteiger charge is 2.29. The Balaban J connectivity index is 1.78. The van der Waals surface area contributed by atoms with E-state index < -0.39 is 0 Å². The molecule has 2 aromatic rings. The van der Waals surface area contributed by atoms with Gasteiger partial charge in [-0.25, -0.2) is 13.9 Å². The smallest absolute Gasteiger partial charge is 0.320 e. The molecular formula is C20H27FN4O2. The SMILES string of the molecule is Cc1cc(NC(=O)N[C@@H](c2ccc(F)cc2)[C@@H]2CCCO2)n(C(C)(C)C)n1. The number of aryl methyl sites for hydroxylation is 1. The zero-order valence-corrected chi connectivity index (χ0v) is 16.3. The standard InChI is InChI=1S/C20H27FN4O2/c1-13-12-17(25(24-13)20(2,3)4)22-19(26)23-18(16-6-5-11-27-16)14-7-9-15(21)10-8-14/h7-10,12,16,18H,5-6,11H2,1-4H3,(H2,22,23,26)/t16-,18-/m0/s1. The Morgan fingerprint density at radius 3 is 2.63 bits per heavy atom. The van der Waals surface area contributed by atoms with Crippen LogP contribution in [0.3, 0.4) is 0 Å². The number of hydrogen-bond acceptors (Lipinski definition) is 3. The molecule has 7 heteroatoms. The molecule has 1 aliphatic rings. The van der Waals surface area contributed by atoms with E-state index in [0.717, 1.165) is 24.1 Å². The monoisotopic (exact) mass is 374 g/mol. The van der Waals surface area contributed by atoms with Crippen LogP contribution in [0.1, 0.15) is 50.9 Å². The highest BCUT2D eigenvalue weighted by molar-refractivity contribution is 5.88. The van der Waals surface area contributed by atoms with E-state index in [0.29, 0.717) is 12.4 Å². The zero-order valence-electron chi connectivity index (χ0n) is 16.3. The Hall–Kier alpha value is -2.41. The first-order valence-electron chi connectivity index (χ1n) is 9.26. The largest absolute Gasteiger partial charge is 0.376 e. The summed E-state index contributed by atoms with van der Waals surface area (Å²) < 4.78 is 20.9. The van der Waals surface area contributed by atoms with Crippen molar-refractivity contribution in [2.75, 3.05) is 11.9 Å². The molecule has 1 aromatic carbocycles. The van der Waals surface area contributed by atoms with Crippen LogP contribution in [0.15, 0.2) is 30.3 Å². The number of anilines is 1. The molecule has 1 fully saturated rings. The van der Waals surface area contributed by atoms with Gasteiger partial charge in [0.05, 0.1) is 23.4 Å². The van der Waals surface area contributed by atoms with Gasteiger partial charge < -0.3 is 10.1 Å². The average molecular weight is 374 g/mol. The van der Waals surface area contributed by atoms with Gasteiger partial charge in [-0.15, -0.1) is 0 Å². The summed E-state index contributed by atoms with van der Waals surface area (Å²) in [6.45, 7) is 8.63. The van der Waals surface area contributed by atoms with Crippen LogP contribution in [0.4, 0.5) is 15.0 Å². The maximum atomic E-state index is 13.3. The minimum atomic E-state index is -0.347. The lowest BCUT2D eigenvalue weighted by molar-refractivity contribution is 0.0815. The Kier molecular flexibility index (Phi) is 5.51. The van der Waals surface area contributed by atoms with Crippen LogP contribution in [0.5, 0.6) is 0 Å². The van der Waals surface area contributed by atoms with E-state index in [1.54, 1.807) is 16.8 Å². The Labute approximate surface area is 159 Å². The topological polar surface area (TPSA) is 68.2 Å². The first kappa shape index (κ1) is 19.4. The molecule has 2 heterocycles. The lowest BCUT2D eigenvalue weighted by atomic mass is 9.99. The summed E-state index contributed by atoms with van der Waals surface area (Å²) in [5.74, 6) is 0.321. The van der Waals surface area contributed by atoms with Crippen LogP contribution < -0.4 is 10.6 Å². The second-order valence-corrected chi connectivity index (χ2v) is 7.93. The highest BCUT2D eigenvalue weighted by atomic mass is 19.1. The third-order valence-electron chi connectivity index (χ3n) is 4.56. The average Bonchev–Trinajstić information content (AvgIpc) is 3.23. The molecule has 1 saturated heterocycles. The van der Waals surface area contributed by atoms with Gasteiger partial charge in [0.15, 0.2) is 0 Å². The summed E-state index contributed by atoms with van der Waals surface area (Å²) in [4.78, 5) is 12.7. The Morgan fingerprint density at radius 2 is 2.04 bits per heavy atom. The molecule has 2 amide bonds. The number of carbonyl (C=O) groups is 1. The van der Waals surface area contributed by atoms with Gasteiger partial charge in [0.25, 0.3) is 0 Å². The number of carbonyl (C=O) groups excluding carboxylic acids is 1. The highest BCUT2D eigenvalue weighted by Crippen LogP contribution is 2.28. The number of rotatable bonds is 4. The van der Waals surface area contributed by atoms with Gasteiger partial charge in [-0.3, -0.25) is 5.32 Å². The molecule has 0 unspecified atom stereocenters. The number of ether oxygens (including phenoxy) is 1. The summed E-state index contributed by atoms with van der Waals surface area (Å²) in [5.41, 5.74) is 1.38. The number of nitrogens with one attached hydrogen (secondary N) is 2. The van der Waals surface area contributed by atoms with Gasteiger partial charge in [0.2, 0.25) is 0 Å². The summed E-state index contributed by atoms with van der Waals surface area (Å²) >= 11 is 0. The van der Waals surface area contributed by atoms with Crippen LogP contribution in [0.2, 0.25) is 0 Å². The van der Waals surface area contributed by atoms with Crippen molar-refractivity contribution in [3.8, 4) is 0 Å². The second-order valence-electron chi connectivity index (χ2n) is 7.93. The van der Waals surface area contributed by atoms with E-state index >= 15 is 0 Å². The molecule has 27 heavy (non-hydrogen) atoms. The van der Waals surface area contributed by atoms with E-state index in [-0.39, 0.29) is 29.5 Å². The molecule has 3 rings (SSSR count). The minimum absolute atomic E-state index is 0.129. The third-order valence-corrected chi connectivity index (χ3v) is 4.56. The second kappa shape index (κ2) is 7.68. The van der Waals surface area contributed by atoms with Gasteiger partial charge in [0.1, 0.15) is 11.6 Å². The molecule has 1 aromatic heterocycles. The third kappa shape index (κ3) is 4.66. The summed E-state index contributed by atoms with van der Waals surface area (Å²) in [5, 5.41) is 10.4. The summed E-state index contributed by atoms with van der Waals surface area (Å²) in [7, 11) is 0. The molecule has 0 saturated carbocycles. The van der Waals surface area contributed by atoms with E-state index in [4.69, 9.17) is 4.74 Å². The van der Waals surface area contributed by atoms with Crippen molar-refractivity contribution in [3.63, 3.8) is 0 Å². The van der Waals surface area contributed by atoms with E-state index in [2.05, 4.69) is 15.7 Å². The molecule has 146 valence electrons. The van der Waals surface area contributed by atoms with Crippen LogP contribution in [-0.2, 0) is 10.3 Å². The van der Waals surface area contributed by atoms with E-state index in [1.165, 1.54) is 12.1 Å². The van der Waals surface area contributed by atoms with Crippen molar-refractivity contribution in [2.24, 2.45) is 0 Å². The van der Waals surface area contributed by atoms with Crippen LogP contribution >= 0.6 is 0 Å². The Bertz CT molecular complexity index is 789. The van der Waals surface area contributed by atoms with Crippen molar-refractivity contribution in [3.05, 3.63) is 47.4 Å². The van der Waals surface area contributed by atoms with E-state index in [1.807, 2.05) is 33.8 Å². The normalized spacial score (nSPS) is 18.3. The quantitative estimate of drug-likeness (QED) is 0.846. The number of aromatic nitrogens is 2. The number of nitrogens with zero attached hydrogens (tertiary/aromatic N) is 2. The van der Waals surface area contributed by atoms with E-state index in [9.17, 15) is 9.18 Å². The molecule has 6 nitrogen and oxygen atoms in total. The molecule has 0 bridgehead atoms. The first-order valence-corrected chi connectivity index (χ1v) is 9.26.